The van der Waals surface area contributed by atoms with Crippen molar-refractivity contribution in [2.75, 3.05) is 0 Å². The van der Waals surface area contributed by atoms with Crippen LogP contribution in [0.1, 0.15) is 25.7 Å². The minimum Gasteiger partial charge on any atom is -0.333 e. The van der Waals surface area contributed by atoms with Gasteiger partial charge in [0.05, 0.1) is 15.9 Å². The Bertz CT molecular complexity index is 1000. The SMILES string of the molecule is O=S(=O)(N[C@H]1CCCC[C@H]1Sc1nc2ccccc2[nH]1)c1ccc(Cl)cc1. The molecule has 0 radical (unpaired) electrons. The van der Waals surface area contributed by atoms with E-state index in [0.29, 0.717) is 5.02 Å². The van der Waals surface area contributed by atoms with Crippen LogP contribution in [0.15, 0.2) is 58.6 Å². The highest BCUT2D eigenvalue weighted by Crippen LogP contribution is 2.34. The van der Waals surface area contributed by atoms with Crippen LogP contribution in [0, 0.1) is 0 Å². The smallest absolute Gasteiger partial charge is 0.240 e. The van der Waals surface area contributed by atoms with Crippen molar-refractivity contribution in [1.29, 1.82) is 0 Å². The zero-order valence-corrected chi connectivity index (χ0v) is 16.9. The van der Waals surface area contributed by atoms with Crippen molar-refractivity contribution < 1.29 is 8.42 Å². The lowest BCUT2D eigenvalue weighted by Crippen LogP contribution is -2.43. The fourth-order valence-electron chi connectivity index (χ4n) is 3.38. The summed E-state index contributed by atoms with van der Waals surface area (Å²) in [5.74, 6) is 0. The van der Waals surface area contributed by atoms with Crippen LogP contribution in [-0.4, -0.2) is 29.7 Å². The zero-order chi connectivity index (χ0) is 18.9. The van der Waals surface area contributed by atoms with E-state index in [2.05, 4.69) is 14.7 Å². The fourth-order valence-corrected chi connectivity index (χ4v) is 6.17. The molecule has 1 fully saturated rings. The second-order valence-corrected chi connectivity index (χ2v) is 10.1. The Hall–Kier alpha value is -1.54. The molecule has 2 aromatic carbocycles. The quantitative estimate of drug-likeness (QED) is 0.631. The van der Waals surface area contributed by atoms with Gasteiger partial charge in [0, 0.05) is 16.3 Å². The lowest BCUT2D eigenvalue weighted by Gasteiger charge is -2.30. The summed E-state index contributed by atoms with van der Waals surface area (Å²) >= 11 is 7.49. The van der Waals surface area contributed by atoms with E-state index in [1.165, 1.54) is 12.1 Å². The number of para-hydroxylation sites is 2. The van der Waals surface area contributed by atoms with Crippen molar-refractivity contribution in [3.05, 3.63) is 53.6 Å². The Morgan fingerprint density at radius 3 is 2.59 bits per heavy atom. The number of aromatic nitrogens is 2. The number of fused-ring (bicyclic) bond motifs is 1. The molecule has 0 amide bonds. The number of benzene rings is 2. The van der Waals surface area contributed by atoms with Crippen molar-refractivity contribution in [2.24, 2.45) is 0 Å². The van der Waals surface area contributed by atoms with Crippen LogP contribution in [0.25, 0.3) is 11.0 Å². The van der Waals surface area contributed by atoms with E-state index in [9.17, 15) is 8.42 Å². The minimum atomic E-state index is -3.58. The van der Waals surface area contributed by atoms with E-state index in [-0.39, 0.29) is 16.2 Å². The molecule has 1 heterocycles. The average molecular weight is 422 g/mol. The molecular weight excluding hydrogens is 402 g/mol. The highest BCUT2D eigenvalue weighted by atomic mass is 35.5. The van der Waals surface area contributed by atoms with Gasteiger partial charge >= 0.3 is 0 Å². The molecule has 0 bridgehead atoms. The lowest BCUT2D eigenvalue weighted by atomic mass is 9.96. The van der Waals surface area contributed by atoms with E-state index < -0.39 is 10.0 Å². The second kappa shape index (κ2) is 7.83. The van der Waals surface area contributed by atoms with Gasteiger partial charge in [-0.05, 0) is 49.2 Å². The van der Waals surface area contributed by atoms with Crippen molar-refractivity contribution in [3.8, 4) is 0 Å². The van der Waals surface area contributed by atoms with E-state index in [4.69, 9.17) is 11.6 Å². The van der Waals surface area contributed by atoms with E-state index in [1.807, 2.05) is 24.3 Å². The summed E-state index contributed by atoms with van der Waals surface area (Å²) in [7, 11) is -3.58. The van der Waals surface area contributed by atoms with Crippen LogP contribution in [-0.2, 0) is 10.0 Å². The summed E-state index contributed by atoms with van der Waals surface area (Å²) in [4.78, 5) is 8.19. The first-order valence-electron chi connectivity index (χ1n) is 8.90. The Morgan fingerprint density at radius 1 is 1.07 bits per heavy atom. The molecule has 27 heavy (non-hydrogen) atoms. The number of halogens is 1. The molecule has 0 aliphatic heterocycles. The Labute approximate surface area is 168 Å². The third-order valence-electron chi connectivity index (χ3n) is 4.76. The Kier molecular flexibility index (Phi) is 5.45. The molecule has 1 aliphatic carbocycles. The van der Waals surface area contributed by atoms with Crippen molar-refractivity contribution >= 4 is 44.4 Å². The Morgan fingerprint density at radius 2 is 1.81 bits per heavy atom. The molecular formula is C19H20ClN3O2S2. The van der Waals surface area contributed by atoms with Crippen molar-refractivity contribution in [2.45, 2.75) is 47.0 Å². The number of thioether (sulfide) groups is 1. The summed E-state index contributed by atoms with van der Waals surface area (Å²) in [5.41, 5.74) is 1.92. The normalized spacial score (nSPS) is 20.8. The number of nitrogens with zero attached hydrogens (tertiary/aromatic N) is 1. The zero-order valence-electron chi connectivity index (χ0n) is 14.6. The maximum atomic E-state index is 12.8. The van der Waals surface area contributed by atoms with Gasteiger partial charge in [-0.1, -0.05) is 48.3 Å². The molecule has 2 N–H and O–H groups in total. The lowest BCUT2D eigenvalue weighted by molar-refractivity contribution is 0.422. The predicted octanol–water partition coefficient (Wildman–Crippen LogP) is 4.60. The number of aromatic amines is 1. The summed E-state index contributed by atoms with van der Waals surface area (Å²) in [6.07, 6.45) is 3.89. The predicted molar refractivity (Wildman–Crippen MR) is 110 cm³/mol. The molecule has 2 atom stereocenters. The maximum absolute atomic E-state index is 12.8. The first kappa shape index (κ1) is 18.8. The van der Waals surface area contributed by atoms with Crippen LogP contribution in [0.2, 0.25) is 5.02 Å². The highest BCUT2D eigenvalue weighted by molar-refractivity contribution is 7.99. The topological polar surface area (TPSA) is 74.8 Å². The number of rotatable bonds is 5. The number of H-pyrrole nitrogens is 1. The van der Waals surface area contributed by atoms with Crippen LogP contribution in [0.3, 0.4) is 0 Å². The van der Waals surface area contributed by atoms with E-state index in [1.54, 1.807) is 23.9 Å². The first-order chi connectivity index (χ1) is 13.0. The van der Waals surface area contributed by atoms with E-state index in [0.717, 1.165) is 41.9 Å². The highest BCUT2D eigenvalue weighted by Gasteiger charge is 2.31. The van der Waals surface area contributed by atoms with Crippen LogP contribution >= 0.6 is 23.4 Å². The molecule has 1 aromatic heterocycles. The van der Waals surface area contributed by atoms with Crippen LogP contribution < -0.4 is 4.72 Å². The number of sulfonamides is 1. The molecule has 4 rings (SSSR count). The van der Waals surface area contributed by atoms with E-state index >= 15 is 0 Å². The van der Waals surface area contributed by atoms with Gasteiger partial charge in [0.1, 0.15) is 0 Å². The summed E-state index contributed by atoms with van der Waals surface area (Å²) < 4.78 is 28.4. The second-order valence-electron chi connectivity index (χ2n) is 6.68. The molecule has 1 saturated carbocycles. The molecule has 0 saturated heterocycles. The molecule has 5 nitrogen and oxygen atoms in total. The Balaban J connectivity index is 1.52. The van der Waals surface area contributed by atoms with Crippen molar-refractivity contribution in [3.63, 3.8) is 0 Å². The number of imidazole rings is 1. The standard InChI is InChI=1S/C19H20ClN3O2S2/c20-13-9-11-14(12-10-13)27(24,25)23-17-7-3-4-8-18(17)26-19-21-15-5-1-2-6-16(15)22-19/h1-2,5-6,9-12,17-18,23H,3-4,7-8H2,(H,21,22)/t17-,18+/m0/s1. The molecule has 1 aliphatic rings. The summed E-state index contributed by atoms with van der Waals surface area (Å²) in [5, 5.41) is 1.49. The third-order valence-corrected chi connectivity index (χ3v) is 7.81. The van der Waals surface area contributed by atoms with Gasteiger partial charge in [-0.25, -0.2) is 18.1 Å². The minimum absolute atomic E-state index is 0.127. The molecule has 3 aromatic rings. The summed E-state index contributed by atoms with van der Waals surface area (Å²) in [6.45, 7) is 0. The summed E-state index contributed by atoms with van der Waals surface area (Å²) in [6, 6.07) is 14.0. The van der Waals surface area contributed by atoms with Gasteiger partial charge in [-0.2, -0.15) is 0 Å². The fraction of sp³-hybridized carbons (Fsp3) is 0.316. The maximum Gasteiger partial charge on any atom is 0.240 e. The third kappa shape index (κ3) is 4.32. The molecule has 0 spiro atoms. The number of nitrogens with one attached hydrogen (secondary N) is 2. The number of hydrogen-bond donors (Lipinski definition) is 2. The van der Waals surface area contributed by atoms with Crippen LogP contribution in [0.4, 0.5) is 0 Å². The van der Waals surface area contributed by atoms with Gasteiger partial charge in [0.25, 0.3) is 0 Å². The molecule has 142 valence electrons. The van der Waals surface area contributed by atoms with Gasteiger partial charge in [-0.3, -0.25) is 0 Å². The van der Waals surface area contributed by atoms with Gasteiger partial charge < -0.3 is 4.98 Å². The largest absolute Gasteiger partial charge is 0.333 e. The van der Waals surface area contributed by atoms with Gasteiger partial charge in [0.15, 0.2) is 5.16 Å². The number of hydrogen-bond acceptors (Lipinski definition) is 4. The molecule has 0 unspecified atom stereocenters. The van der Waals surface area contributed by atoms with Crippen molar-refractivity contribution in [1.82, 2.24) is 14.7 Å². The van der Waals surface area contributed by atoms with Gasteiger partial charge in [-0.15, -0.1) is 0 Å². The monoisotopic (exact) mass is 421 g/mol. The van der Waals surface area contributed by atoms with Crippen LogP contribution in [0.5, 0.6) is 0 Å². The first-order valence-corrected chi connectivity index (χ1v) is 11.6. The molecule has 8 heteroatoms. The van der Waals surface area contributed by atoms with Gasteiger partial charge in [0.2, 0.25) is 10.0 Å². The average Bonchev–Trinajstić information content (AvgIpc) is 3.06.